The highest BCUT2D eigenvalue weighted by atomic mass is 16.4. The third-order valence-corrected chi connectivity index (χ3v) is 4.66. The minimum atomic E-state index is -1.32. The second kappa shape index (κ2) is 7.45. The molecule has 0 fully saturated rings. The standard InChI is InChI=1S/C15H20N4O6/c1-6-8(4-10(16-22)14(20)12(6)18-24)3-9-5-11(17-23)15(21)13(19-25)7(9)2/h4-7,14-15,20-25H,3H2,1-2H3. The Balaban J connectivity index is 2.43. The van der Waals surface area contributed by atoms with E-state index in [0.717, 1.165) is 0 Å². The number of nitrogens with zero attached hydrogens (tertiary/aromatic N) is 4. The van der Waals surface area contributed by atoms with Crippen LogP contribution >= 0.6 is 0 Å². The molecule has 0 amide bonds. The molecule has 0 heterocycles. The first kappa shape index (κ1) is 18.6. The minimum absolute atomic E-state index is 0.0292. The number of hydrogen-bond acceptors (Lipinski definition) is 10. The fourth-order valence-corrected chi connectivity index (χ4v) is 3.04. The van der Waals surface area contributed by atoms with Crippen LogP contribution in [-0.2, 0) is 0 Å². The molecule has 2 rings (SSSR count). The lowest BCUT2D eigenvalue weighted by molar-refractivity contribution is 0.260. The molecule has 4 unspecified atom stereocenters. The quantitative estimate of drug-likeness (QED) is 0.313. The highest BCUT2D eigenvalue weighted by Crippen LogP contribution is 2.32. The van der Waals surface area contributed by atoms with E-state index in [2.05, 4.69) is 20.6 Å². The van der Waals surface area contributed by atoms with Gasteiger partial charge >= 0.3 is 0 Å². The van der Waals surface area contributed by atoms with Gasteiger partial charge in [-0.3, -0.25) is 0 Å². The van der Waals surface area contributed by atoms with Gasteiger partial charge in [-0.1, -0.05) is 45.6 Å². The summed E-state index contributed by atoms with van der Waals surface area (Å²) in [5, 5.41) is 68.5. The number of rotatable bonds is 2. The molecule has 0 bridgehead atoms. The maximum atomic E-state index is 9.99. The van der Waals surface area contributed by atoms with Crippen molar-refractivity contribution < 1.29 is 31.0 Å². The first-order valence-corrected chi connectivity index (χ1v) is 7.54. The smallest absolute Gasteiger partial charge is 0.141 e. The van der Waals surface area contributed by atoms with Gasteiger partial charge in [0.05, 0.1) is 11.4 Å². The lowest BCUT2D eigenvalue weighted by Gasteiger charge is -2.30. The van der Waals surface area contributed by atoms with Crippen molar-refractivity contribution in [2.45, 2.75) is 32.5 Å². The van der Waals surface area contributed by atoms with Gasteiger partial charge in [-0.25, -0.2) is 0 Å². The summed E-state index contributed by atoms with van der Waals surface area (Å²) in [5.41, 5.74) is 1.24. The molecule has 25 heavy (non-hydrogen) atoms. The fourth-order valence-electron chi connectivity index (χ4n) is 3.04. The Bertz CT molecular complexity index is 662. The Morgan fingerprint density at radius 1 is 0.720 bits per heavy atom. The molecule has 0 saturated carbocycles. The maximum Gasteiger partial charge on any atom is 0.141 e. The molecular formula is C15H20N4O6. The molecule has 4 atom stereocenters. The van der Waals surface area contributed by atoms with E-state index in [4.69, 9.17) is 20.8 Å². The summed E-state index contributed by atoms with van der Waals surface area (Å²) in [6.45, 7) is 3.42. The van der Waals surface area contributed by atoms with Crippen molar-refractivity contribution in [3.05, 3.63) is 23.3 Å². The van der Waals surface area contributed by atoms with E-state index in [-0.39, 0.29) is 29.3 Å². The van der Waals surface area contributed by atoms with Gasteiger partial charge in [0.1, 0.15) is 23.6 Å². The summed E-state index contributed by atoms with van der Waals surface area (Å²) >= 11 is 0. The summed E-state index contributed by atoms with van der Waals surface area (Å²) in [5.74, 6) is -0.899. The molecule has 2 aliphatic carbocycles. The molecule has 136 valence electrons. The zero-order valence-electron chi connectivity index (χ0n) is 13.6. The van der Waals surface area contributed by atoms with Crippen LogP contribution in [0.15, 0.2) is 43.9 Å². The minimum Gasteiger partial charge on any atom is -0.411 e. The predicted octanol–water partition coefficient (Wildman–Crippen LogP) is 0.571. The summed E-state index contributed by atoms with van der Waals surface area (Å²) in [4.78, 5) is 0. The topological polar surface area (TPSA) is 171 Å². The van der Waals surface area contributed by atoms with Crippen molar-refractivity contribution in [3.8, 4) is 0 Å². The lowest BCUT2D eigenvalue weighted by Crippen LogP contribution is -2.40. The molecule has 10 nitrogen and oxygen atoms in total. The van der Waals surface area contributed by atoms with Crippen LogP contribution in [0.4, 0.5) is 0 Å². The average molecular weight is 352 g/mol. The van der Waals surface area contributed by atoms with E-state index in [1.54, 1.807) is 13.8 Å². The average Bonchev–Trinajstić information content (AvgIpc) is 2.60. The Labute approximate surface area is 143 Å². The van der Waals surface area contributed by atoms with Gasteiger partial charge in [0.2, 0.25) is 0 Å². The first-order chi connectivity index (χ1) is 11.9. The van der Waals surface area contributed by atoms with Crippen LogP contribution in [0.5, 0.6) is 0 Å². The van der Waals surface area contributed by atoms with Crippen molar-refractivity contribution in [2.24, 2.45) is 32.5 Å². The van der Waals surface area contributed by atoms with E-state index in [0.29, 0.717) is 11.1 Å². The zero-order valence-corrected chi connectivity index (χ0v) is 13.6. The highest BCUT2D eigenvalue weighted by Gasteiger charge is 2.36. The molecular weight excluding hydrogens is 332 g/mol. The van der Waals surface area contributed by atoms with Gasteiger partial charge in [-0.05, 0) is 18.6 Å². The van der Waals surface area contributed by atoms with Crippen molar-refractivity contribution in [1.29, 1.82) is 0 Å². The molecule has 10 heteroatoms. The molecule has 0 spiro atoms. The van der Waals surface area contributed by atoms with Gasteiger partial charge in [-0.15, -0.1) is 0 Å². The van der Waals surface area contributed by atoms with Gasteiger partial charge in [0, 0.05) is 11.8 Å². The Morgan fingerprint density at radius 2 is 1.08 bits per heavy atom. The number of allylic oxidation sites excluding steroid dienone is 2. The molecule has 6 N–H and O–H groups in total. The van der Waals surface area contributed by atoms with E-state index < -0.39 is 24.0 Å². The van der Waals surface area contributed by atoms with E-state index in [9.17, 15) is 10.2 Å². The monoisotopic (exact) mass is 352 g/mol. The van der Waals surface area contributed by atoms with Crippen molar-refractivity contribution in [2.75, 3.05) is 0 Å². The maximum absolute atomic E-state index is 9.99. The Hall–Kier alpha value is -2.72. The normalized spacial score (nSPS) is 36.8. The number of aliphatic hydroxyl groups is 2. The Kier molecular flexibility index (Phi) is 5.55. The van der Waals surface area contributed by atoms with Crippen LogP contribution in [0.1, 0.15) is 20.3 Å². The molecule has 0 aromatic rings. The van der Waals surface area contributed by atoms with Gasteiger partial charge in [0.25, 0.3) is 0 Å². The predicted molar refractivity (Wildman–Crippen MR) is 88.0 cm³/mol. The molecule has 0 aliphatic heterocycles. The second-order valence-corrected chi connectivity index (χ2v) is 5.96. The second-order valence-electron chi connectivity index (χ2n) is 5.96. The van der Waals surface area contributed by atoms with Crippen LogP contribution in [0.2, 0.25) is 0 Å². The van der Waals surface area contributed by atoms with E-state index in [1.165, 1.54) is 12.2 Å². The van der Waals surface area contributed by atoms with Gasteiger partial charge in [0.15, 0.2) is 0 Å². The molecule has 0 aromatic heterocycles. The van der Waals surface area contributed by atoms with Gasteiger partial charge < -0.3 is 31.0 Å². The summed E-state index contributed by atoms with van der Waals surface area (Å²) in [6.07, 6.45) is 0.579. The van der Waals surface area contributed by atoms with E-state index >= 15 is 0 Å². The highest BCUT2D eigenvalue weighted by molar-refractivity contribution is 6.20. The van der Waals surface area contributed by atoms with Crippen LogP contribution in [0, 0.1) is 11.8 Å². The fraction of sp³-hybridized carbons (Fsp3) is 0.467. The SMILES string of the molecule is CC1C(CC2=CC(=NO)C(O)C(=NO)C2C)=CC(=NO)C(O)C1=NO. The van der Waals surface area contributed by atoms with Crippen LogP contribution in [0.3, 0.4) is 0 Å². The lowest BCUT2D eigenvalue weighted by atomic mass is 9.76. The molecule has 0 radical (unpaired) electrons. The number of hydrogen-bond donors (Lipinski definition) is 6. The molecule has 0 aromatic carbocycles. The third-order valence-electron chi connectivity index (χ3n) is 4.66. The van der Waals surface area contributed by atoms with Gasteiger partial charge in [-0.2, -0.15) is 0 Å². The van der Waals surface area contributed by atoms with Crippen LogP contribution < -0.4 is 0 Å². The number of aliphatic hydroxyl groups excluding tert-OH is 2. The Morgan fingerprint density at radius 3 is 1.36 bits per heavy atom. The summed E-state index contributed by atoms with van der Waals surface area (Å²) in [6, 6.07) is 0. The first-order valence-electron chi connectivity index (χ1n) is 7.54. The molecule has 2 aliphatic rings. The van der Waals surface area contributed by atoms with E-state index in [1.807, 2.05) is 0 Å². The summed E-state index contributed by atoms with van der Waals surface area (Å²) < 4.78 is 0. The van der Waals surface area contributed by atoms with Crippen molar-refractivity contribution in [3.63, 3.8) is 0 Å². The van der Waals surface area contributed by atoms with Crippen LogP contribution in [0.25, 0.3) is 0 Å². The summed E-state index contributed by atoms with van der Waals surface area (Å²) in [7, 11) is 0. The zero-order chi connectivity index (χ0) is 18.7. The number of oxime groups is 4. The third kappa shape index (κ3) is 3.26. The van der Waals surface area contributed by atoms with Crippen LogP contribution in [-0.4, -0.2) is 66.1 Å². The largest absolute Gasteiger partial charge is 0.411 e. The van der Waals surface area contributed by atoms with Crippen molar-refractivity contribution >= 4 is 22.8 Å². The van der Waals surface area contributed by atoms with Crippen molar-refractivity contribution in [1.82, 2.24) is 0 Å². The molecule has 0 saturated heterocycles.